The number of benzene rings is 1. The highest BCUT2D eigenvalue weighted by atomic mass is 32.2. The van der Waals surface area contributed by atoms with E-state index in [1.54, 1.807) is 43.0 Å². The predicted molar refractivity (Wildman–Crippen MR) is 117 cm³/mol. The van der Waals surface area contributed by atoms with E-state index in [2.05, 4.69) is 10.6 Å². The van der Waals surface area contributed by atoms with Gasteiger partial charge in [0.15, 0.2) is 0 Å². The first-order valence-electron chi connectivity index (χ1n) is 9.92. The zero-order valence-electron chi connectivity index (χ0n) is 17.4. The van der Waals surface area contributed by atoms with Crippen LogP contribution in [0.5, 0.6) is 0 Å². The number of hydrogen-bond acceptors (Lipinski definition) is 5. The van der Waals surface area contributed by atoms with Crippen LogP contribution in [-0.2, 0) is 21.4 Å². The first kappa shape index (κ1) is 22.5. The van der Waals surface area contributed by atoms with Crippen LogP contribution in [0.2, 0.25) is 0 Å². The number of sulfonamides is 1. The second kappa shape index (κ2) is 9.31. The van der Waals surface area contributed by atoms with E-state index in [9.17, 15) is 22.8 Å². The number of aromatic nitrogens is 1. The van der Waals surface area contributed by atoms with Crippen molar-refractivity contribution in [3.8, 4) is 0 Å². The lowest BCUT2D eigenvalue weighted by atomic mass is 10.2. The van der Waals surface area contributed by atoms with Crippen molar-refractivity contribution in [3.63, 3.8) is 0 Å². The molecule has 1 aromatic carbocycles. The molecule has 2 N–H and O–H groups in total. The minimum Gasteiger partial charge on any atom is -0.336 e. The van der Waals surface area contributed by atoms with E-state index in [0.717, 1.165) is 10.6 Å². The molecule has 11 heteroatoms. The summed E-state index contributed by atoms with van der Waals surface area (Å²) in [4.78, 5) is 37.8. The van der Waals surface area contributed by atoms with E-state index in [4.69, 9.17) is 0 Å². The largest absolute Gasteiger partial charge is 0.336 e. The van der Waals surface area contributed by atoms with Crippen LogP contribution in [0.4, 0.5) is 16.2 Å². The molecule has 1 fully saturated rings. The lowest BCUT2D eigenvalue weighted by molar-refractivity contribution is -0.116. The number of nitrogens with one attached hydrogen (secondary N) is 2. The maximum Gasteiger partial charge on any atom is 0.321 e. The SMILES string of the molecule is CCN(CC)S(=O)(=O)c1ccc(=O)n(CC(=O)Nc2ccc(N3CCNC3=O)cc2)c1. The Morgan fingerprint density at radius 3 is 2.35 bits per heavy atom. The smallest absolute Gasteiger partial charge is 0.321 e. The summed E-state index contributed by atoms with van der Waals surface area (Å²) in [5, 5.41) is 5.39. The van der Waals surface area contributed by atoms with Crippen LogP contribution in [0, 0.1) is 0 Å². The van der Waals surface area contributed by atoms with Gasteiger partial charge in [0.1, 0.15) is 6.54 Å². The Labute approximate surface area is 180 Å². The van der Waals surface area contributed by atoms with Gasteiger partial charge >= 0.3 is 6.03 Å². The van der Waals surface area contributed by atoms with Crippen molar-refractivity contribution < 1.29 is 18.0 Å². The number of amides is 3. The van der Waals surface area contributed by atoms with Crippen LogP contribution in [0.3, 0.4) is 0 Å². The quantitative estimate of drug-likeness (QED) is 0.627. The van der Waals surface area contributed by atoms with Gasteiger partial charge < -0.3 is 15.2 Å². The maximum absolute atomic E-state index is 12.7. The molecule has 2 aromatic rings. The Morgan fingerprint density at radius 1 is 1.10 bits per heavy atom. The van der Waals surface area contributed by atoms with Crippen molar-refractivity contribution in [1.82, 2.24) is 14.2 Å². The summed E-state index contributed by atoms with van der Waals surface area (Å²) in [6.07, 6.45) is 1.19. The van der Waals surface area contributed by atoms with E-state index >= 15 is 0 Å². The molecule has 0 aliphatic carbocycles. The number of hydrogen-bond donors (Lipinski definition) is 2. The van der Waals surface area contributed by atoms with Crippen LogP contribution >= 0.6 is 0 Å². The highest BCUT2D eigenvalue weighted by Gasteiger charge is 2.23. The third-order valence-corrected chi connectivity index (χ3v) is 6.97. The number of carbonyl (C=O) groups is 2. The van der Waals surface area contributed by atoms with Crippen molar-refractivity contribution >= 4 is 33.3 Å². The monoisotopic (exact) mass is 447 g/mol. The molecule has 0 saturated carbocycles. The van der Waals surface area contributed by atoms with Gasteiger partial charge in [0.05, 0.1) is 4.90 Å². The average molecular weight is 448 g/mol. The fraction of sp³-hybridized carbons (Fsp3) is 0.350. The first-order valence-corrected chi connectivity index (χ1v) is 11.4. The van der Waals surface area contributed by atoms with Crippen LogP contribution in [0.25, 0.3) is 0 Å². The van der Waals surface area contributed by atoms with Gasteiger partial charge in [0.25, 0.3) is 5.56 Å². The predicted octanol–water partition coefficient (Wildman–Crippen LogP) is 1.05. The summed E-state index contributed by atoms with van der Waals surface area (Å²) in [7, 11) is -3.75. The second-order valence-electron chi connectivity index (χ2n) is 6.90. The molecule has 0 spiro atoms. The minimum absolute atomic E-state index is 0.0446. The molecule has 0 bridgehead atoms. The van der Waals surface area contributed by atoms with Crippen LogP contribution in [0.1, 0.15) is 13.8 Å². The number of carbonyl (C=O) groups excluding carboxylic acids is 2. The maximum atomic E-state index is 12.7. The first-order chi connectivity index (χ1) is 14.8. The molecule has 3 amide bonds. The van der Waals surface area contributed by atoms with Crippen LogP contribution in [0.15, 0.2) is 52.3 Å². The highest BCUT2D eigenvalue weighted by Crippen LogP contribution is 2.19. The summed E-state index contributed by atoms with van der Waals surface area (Å²) in [5.41, 5.74) is 0.718. The molecule has 10 nitrogen and oxygen atoms in total. The van der Waals surface area contributed by atoms with Gasteiger partial charge in [-0.05, 0) is 30.3 Å². The molecule has 1 aliphatic heterocycles. The van der Waals surface area contributed by atoms with Crippen molar-refractivity contribution in [2.24, 2.45) is 0 Å². The Balaban J connectivity index is 1.72. The number of rotatable bonds is 8. The Morgan fingerprint density at radius 2 is 1.77 bits per heavy atom. The minimum atomic E-state index is -3.75. The molecule has 166 valence electrons. The second-order valence-corrected chi connectivity index (χ2v) is 8.84. The fourth-order valence-corrected chi connectivity index (χ4v) is 4.77. The normalized spacial score (nSPS) is 14.0. The van der Waals surface area contributed by atoms with E-state index < -0.39 is 21.5 Å². The molecule has 2 heterocycles. The van der Waals surface area contributed by atoms with E-state index in [-0.39, 0.29) is 17.5 Å². The Kier molecular flexibility index (Phi) is 6.76. The van der Waals surface area contributed by atoms with Crippen LogP contribution < -0.4 is 21.1 Å². The zero-order chi connectivity index (χ0) is 22.6. The summed E-state index contributed by atoms with van der Waals surface area (Å²) in [6.45, 7) is 4.87. The standard InChI is InChI=1S/C20H25N5O5S/c1-3-24(4-2)31(29,30)17-9-10-19(27)23(13-17)14-18(26)22-15-5-7-16(8-6-15)25-12-11-21-20(25)28/h5-10,13H,3-4,11-12,14H2,1-2H3,(H,21,28)(H,22,26). The van der Waals surface area contributed by atoms with Gasteiger partial charge in [0, 0.05) is 49.8 Å². The summed E-state index contributed by atoms with van der Waals surface area (Å²) in [6, 6.07) is 8.95. The van der Waals surface area contributed by atoms with Crippen molar-refractivity contribution in [3.05, 3.63) is 52.9 Å². The van der Waals surface area contributed by atoms with E-state index in [1.165, 1.54) is 16.6 Å². The zero-order valence-corrected chi connectivity index (χ0v) is 18.2. The Hall–Kier alpha value is -3.18. The number of anilines is 2. The number of nitrogens with zero attached hydrogens (tertiary/aromatic N) is 3. The molecule has 0 atom stereocenters. The number of pyridine rings is 1. The number of urea groups is 1. The third kappa shape index (κ3) is 4.94. The van der Waals surface area contributed by atoms with E-state index in [1.807, 2.05) is 0 Å². The van der Waals surface area contributed by atoms with Crippen molar-refractivity contribution in [1.29, 1.82) is 0 Å². The molecule has 3 rings (SSSR count). The third-order valence-electron chi connectivity index (χ3n) is 4.93. The van der Waals surface area contributed by atoms with Crippen molar-refractivity contribution in [2.75, 3.05) is 36.4 Å². The Bertz CT molecular complexity index is 1120. The molecule has 1 saturated heterocycles. The summed E-state index contributed by atoms with van der Waals surface area (Å²) >= 11 is 0. The lowest BCUT2D eigenvalue weighted by Crippen LogP contribution is -2.33. The van der Waals surface area contributed by atoms with Gasteiger partial charge in [0.2, 0.25) is 15.9 Å². The highest BCUT2D eigenvalue weighted by molar-refractivity contribution is 7.89. The van der Waals surface area contributed by atoms with Crippen molar-refractivity contribution in [2.45, 2.75) is 25.3 Å². The molecule has 1 aromatic heterocycles. The lowest BCUT2D eigenvalue weighted by Gasteiger charge is -2.19. The summed E-state index contributed by atoms with van der Waals surface area (Å²) in [5.74, 6) is -0.480. The van der Waals surface area contributed by atoms with Gasteiger partial charge in [-0.25, -0.2) is 13.2 Å². The fourth-order valence-electron chi connectivity index (χ4n) is 3.30. The van der Waals surface area contributed by atoms with Gasteiger partial charge in [-0.3, -0.25) is 14.5 Å². The molecule has 0 radical (unpaired) electrons. The molecule has 31 heavy (non-hydrogen) atoms. The summed E-state index contributed by atoms with van der Waals surface area (Å²) < 4.78 is 27.7. The van der Waals surface area contributed by atoms with Gasteiger partial charge in [-0.2, -0.15) is 4.31 Å². The molecule has 0 unspecified atom stereocenters. The van der Waals surface area contributed by atoms with Crippen LogP contribution in [-0.4, -0.2) is 55.4 Å². The topological polar surface area (TPSA) is 121 Å². The van der Waals surface area contributed by atoms with Gasteiger partial charge in [-0.1, -0.05) is 13.8 Å². The van der Waals surface area contributed by atoms with Gasteiger partial charge in [-0.15, -0.1) is 0 Å². The molecular formula is C20H25N5O5S. The average Bonchev–Trinajstić information content (AvgIpc) is 3.16. The molecule has 1 aliphatic rings. The van der Waals surface area contributed by atoms with E-state index in [0.29, 0.717) is 37.6 Å². The molecular weight excluding hydrogens is 422 g/mol.